The van der Waals surface area contributed by atoms with E-state index < -0.39 is 10.1 Å². The number of benzene rings is 2. The van der Waals surface area contributed by atoms with Crippen molar-refractivity contribution in [1.82, 2.24) is 0 Å². The minimum atomic E-state index is -4.40. The number of rotatable bonds is 5. The van der Waals surface area contributed by atoms with Gasteiger partial charge in [0.25, 0.3) is 0 Å². The second-order valence-electron chi connectivity index (χ2n) is 4.71. The molecule has 0 aliphatic carbocycles. The van der Waals surface area contributed by atoms with Gasteiger partial charge in [-0.25, -0.2) is 8.42 Å². The molecule has 0 saturated heterocycles. The molecule has 2 aromatic rings. The molecule has 0 amide bonds. The maximum absolute atomic E-state index is 11.2. The summed E-state index contributed by atoms with van der Waals surface area (Å²) in [6.45, 7) is 2.12. The van der Waals surface area contributed by atoms with Gasteiger partial charge in [0.1, 0.15) is 10.1 Å². The van der Waals surface area contributed by atoms with Crippen molar-refractivity contribution >= 4 is 20.9 Å². The van der Waals surface area contributed by atoms with Gasteiger partial charge in [-0.15, -0.1) is 0 Å². The summed E-state index contributed by atoms with van der Waals surface area (Å²) in [5.41, 5.74) is 0.945. The van der Waals surface area contributed by atoms with Crippen molar-refractivity contribution < 1.29 is 64.4 Å². The Hall–Kier alpha value is 0.246. The van der Waals surface area contributed by atoms with E-state index in [0.717, 1.165) is 42.0 Å². The molecule has 102 valence electrons. The zero-order valence-electron chi connectivity index (χ0n) is 11.9. The first-order chi connectivity index (χ1) is 9.02. The van der Waals surface area contributed by atoms with Gasteiger partial charge in [-0.1, -0.05) is 44.0 Å². The predicted molar refractivity (Wildman–Crippen MR) is 75.1 cm³/mol. The summed E-state index contributed by atoms with van der Waals surface area (Å²) in [5, 5.41) is 1.84. The molecule has 0 fully saturated rings. The minimum Gasteiger partial charge on any atom is -0.744 e. The van der Waals surface area contributed by atoms with Gasteiger partial charge in [-0.3, -0.25) is 0 Å². The summed E-state index contributed by atoms with van der Waals surface area (Å²) >= 11 is 0. The normalized spacial score (nSPS) is 11.3. The summed E-state index contributed by atoms with van der Waals surface area (Å²) in [5.74, 6) is 0. The molecule has 0 bridgehead atoms. The van der Waals surface area contributed by atoms with Crippen molar-refractivity contribution in [2.45, 2.75) is 37.5 Å². The zero-order chi connectivity index (χ0) is 13.9. The number of aryl methyl sites for hydroxylation is 1. The molecule has 0 saturated carbocycles. The van der Waals surface area contributed by atoms with Gasteiger partial charge in [0.05, 0.1) is 4.90 Å². The van der Waals surface area contributed by atoms with Crippen molar-refractivity contribution in [3.63, 3.8) is 0 Å². The third-order valence-electron chi connectivity index (χ3n) is 3.26. The summed E-state index contributed by atoms with van der Waals surface area (Å²) in [7, 11) is -4.40. The van der Waals surface area contributed by atoms with Gasteiger partial charge in [0.15, 0.2) is 0 Å². The van der Waals surface area contributed by atoms with Crippen LogP contribution in [0.25, 0.3) is 10.8 Å². The summed E-state index contributed by atoms with van der Waals surface area (Å²) < 4.78 is 33.6. The second-order valence-corrected chi connectivity index (χ2v) is 6.09. The fraction of sp³-hybridized carbons (Fsp3) is 0.333. The van der Waals surface area contributed by atoms with Crippen LogP contribution in [0.2, 0.25) is 0 Å². The van der Waals surface area contributed by atoms with Crippen LogP contribution < -0.4 is 51.4 Å². The van der Waals surface area contributed by atoms with Crippen LogP contribution in [-0.4, -0.2) is 13.0 Å². The van der Waals surface area contributed by atoms with Gasteiger partial charge in [-0.2, -0.15) is 0 Å². The summed E-state index contributed by atoms with van der Waals surface area (Å²) in [6, 6.07) is 10.6. The summed E-state index contributed by atoms with van der Waals surface area (Å²) in [6.07, 6.45) is 4.01. The van der Waals surface area contributed by atoms with E-state index in [9.17, 15) is 13.0 Å². The van der Waals surface area contributed by atoms with Crippen molar-refractivity contribution in [3.05, 3.63) is 42.0 Å². The Bertz CT molecular complexity index is 681. The third kappa shape index (κ3) is 4.63. The molecule has 0 atom stereocenters. The van der Waals surface area contributed by atoms with Crippen LogP contribution in [0.3, 0.4) is 0 Å². The zero-order valence-corrected chi connectivity index (χ0v) is 15.9. The number of hydrogen-bond acceptors (Lipinski definition) is 3. The average molecular weight is 316 g/mol. The first kappa shape index (κ1) is 18.3. The Morgan fingerprint density at radius 2 is 1.80 bits per heavy atom. The monoisotopic (exact) mass is 316 g/mol. The van der Waals surface area contributed by atoms with Crippen LogP contribution in [0.15, 0.2) is 41.3 Å². The first-order valence-corrected chi connectivity index (χ1v) is 7.91. The van der Waals surface area contributed by atoms with Gasteiger partial charge >= 0.3 is 51.4 Å². The van der Waals surface area contributed by atoms with Gasteiger partial charge in [-0.05, 0) is 41.3 Å². The van der Waals surface area contributed by atoms with Gasteiger partial charge < -0.3 is 4.55 Å². The molecule has 2 aromatic carbocycles. The predicted octanol–water partition coefficient (Wildman–Crippen LogP) is 0.481. The Labute approximate surface area is 162 Å². The topological polar surface area (TPSA) is 57.2 Å². The maximum Gasteiger partial charge on any atom is 1.00 e. The molecule has 0 aliphatic heterocycles. The fourth-order valence-electron chi connectivity index (χ4n) is 2.28. The molecule has 2 rings (SSSR count). The SMILES string of the molecule is CCCCCc1cc(S(=O)(=O)[O-])cc2ccccc12.[K+]. The van der Waals surface area contributed by atoms with Crippen molar-refractivity contribution in [2.24, 2.45) is 0 Å². The molecule has 0 N–H and O–H groups in total. The van der Waals surface area contributed by atoms with Crippen LogP contribution in [0.1, 0.15) is 31.7 Å². The molecule has 0 radical (unpaired) electrons. The van der Waals surface area contributed by atoms with Crippen LogP contribution in [-0.2, 0) is 16.5 Å². The van der Waals surface area contributed by atoms with Crippen molar-refractivity contribution in [1.29, 1.82) is 0 Å². The summed E-state index contributed by atoms with van der Waals surface area (Å²) in [4.78, 5) is -0.127. The van der Waals surface area contributed by atoms with E-state index in [1.165, 1.54) is 12.1 Å². The van der Waals surface area contributed by atoms with E-state index in [2.05, 4.69) is 6.92 Å². The number of hydrogen-bond donors (Lipinski definition) is 0. The van der Waals surface area contributed by atoms with Gasteiger partial charge in [0.2, 0.25) is 0 Å². The smallest absolute Gasteiger partial charge is 0.744 e. The van der Waals surface area contributed by atoms with Crippen LogP contribution in [0.4, 0.5) is 0 Å². The van der Waals surface area contributed by atoms with E-state index in [4.69, 9.17) is 0 Å². The van der Waals surface area contributed by atoms with E-state index >= 15 is 0 Å². The number of fused-ring (bicyclic) bond motifs is 1. The molecule has 0 aromatic heterocycles. The van der Waals surface area contributed by atoms with Crippen LogP contribution in [0.5, 0.6) is 0 Å². The van der Waals surface area contributed by atoms with E-state index in [1.54, 1.807) is 0 Å². The molecular weight excluding hydrogens is 299 g/mol. The standard InChI is InChI=1S/C15H18O3S.K/c1-2-3-4-7-12-10-14(19(16,17)18)11-13-8-5-6-9-15(12)13;/h5-6,8-11H,2-4,7H2,1H3,(H,16,17,18);/q;+1/p-1. The van der Waals surface area contributed by atoms with E-state index in [1.807, 2.05) is 24.3 Å². The first-order valence-electron chi connectivity index (χ1n) is 6.50. The van der Waals surface area contributed by atoms with E-state index in [0.29, 0.717) is 0 Å². The average Bonchev–Trinajstić information content (AvgIpc) is 2.37. The molecule has 3 nitrogen and oxygen atoms in total. The van der Waals surface area contributed by atoms with Crippen molar-refractivity contribution in [2.75, 3.05) is 0 Å². The molecule has 0 aliphatic rings. The molecule has 5 heteroatoms. The Balaban J connectivity index is 0.00000200. The molecular formula is C15H17KO3S. The van der Waals surface area contributed by atoms with Gasteiger partial charge in [0, 0.05) is 0 Å². The quantitative estimate of drug-likeness (QED) is 0.458. The molecule has 0 heterocycles. The van der Waals surface area contributed by atoms with Crippen molar-refractivity contribution in [3.8, 4) is 0 Å². The van der Waals surface area contributed by atoms with Crippen LogP contribution >= 0.6 is 0 Å². The Kier molecular flexibility index (Phi) is 7.35. The minimum absolute atomic E-state index is 0. The fourth-order valence-corrected chi connectivity index (χ4v) is 2.83. The Morgan fingerprint density at radius 1 is 1.10 bits per heavy atom. The third-order valence-corrected chi connectivity index (χ3v) is 4.07. The van der Waals surface area contributed by atoms with E-state index in [-0.39, 0.29) is 56.3 Å². The Morgan fingerprint density at radius 3 is 2.45 bits per heavy atom. The number of unbranched alkanes of at least 4 members (excludes halogenated alkanes) is 2. The maximum atomic E-state index is 11.2. The largest absolute Gasteiger partial charge is 1.00 e. The van der Waals surface area contributed by atoms with Crippen LogP contribution in [0, 0.1) is 0 Å². The molecule has 0 spiro atoms. The molecule has 20 heavy (non-hydrogen) atoms. The molecule has 0 unspecified atom stereocenters. The second kappa shape index (κ2) is 8.03.